The first kappa shape index (κ1) is 24.3. The zero-order valence-corrected chi connectivity index (χ0v) is 21.4. The van der Waals surface area contributed by atoms with Crippen LogP contribution in [0.4, 0.5) is 10.5 Å². The third-order valence-corrected chi connectivity index (χ3v) is 6.70. The van der Waals surface area contributed by atoms with E-state index in [0.717, 1.165) is 28.8 Å². The Morgan fingerprint density at radius 1 is 1.08 bits per heavy atom. The summed E-state index contributed by atoms with van der Waals surface area (Å²) in [6, 6.07) is 13.1. The van der Waals surface area contributed by atoms with Gasteiger partial charge in [0.1, 0.15) is 11.3 Å². The largest absolute Gasteiger partial charge is 0.444 e. The van der Waals surface area contributed by atoms with E-state index in [4.69, 9.17) is 16.3 Å². The van der Waals surface area contributed by atoms with Gasteiger partial charge in [-0.25, -0.2) is 9.48 Å². The zero-order chi connectivity index (χ0) is 25.6. The Morgan fingerprint density at radius 3 is 2.61 bits per heavy atom. The second-order valence-electron chi connectivity index (χ2n) is 10.1. The number of rotatable bonds is 3. The molecule has 1 aromatic heterocycles. The number of aliphatic hydroxyl groups is 1. The number of hydrogen-bond acceptors (Lipinski definition) is 5. The Labute approximate surface area is 215 Å². The van der Waals surface area contributed by atoms with Gasteiger partial charge in [0.25, 0.3) is 5.91 Å². The number of carbonyl (C=O) groups is 2. The molecule has 0 aliphatic carbocycles. The summed E-state index contributed by atoms with van der Waals surface area (Å²) in [5.74, 6) is -0.191. The van der Waals surface area contributed by atoms with E-state index in [-0.39, 0.29) is 18.6 Å². The first-order chi connectivity index (χ1) is 17.1. The number of halogens is 1. The molecule has 1 N–H and O–H groups in total. The molecule has 0 atom stereocenters. The zero-order valence-electron chi connectivity index (χ0n) is 20.6. The average Bonchev–Trinajstić information content (AvgIpc) is 3.22. The molecule has 2 aromatic carbocycles. The highest BCUT2D eigenvalue weighted by Gasteiger charge is 2.34. The number of nitrogens with zero attached hydrogens (tertiary/aromatic N) is 4. The number of fused-ring (bicyclic) bond motifs is 2. The van der Waals surface area contributed by atoms with Gasteiger partial charge in [0, 0.05) is 35.9 Å². The van der Waals surface area contributed by atoms with Gasteiger partial charge in [0.15, 0.2) is 0 Å². The van der Waals surface area contributed by atoms with E-state index in [0.29, 0.717) is 48.2 Å². The van der Waals surface area contributed by atoms with Crippen LogP contribution in [0.5, 0.6) is 0 Å². The van der Waals surface area contributed by atoms with Crippen molar-refractivity contribution in [3.63, 3.8) is 0 Å². The lowest BCUT2D eigenvalue weighted by atomic mass is 9.97. The minimum atomic E-state index is -0.559. The third-order valence-electron chi connectivity index (χ3n) is 6.47. The van der Waals surface area contributed by atoms with Gasteiger partial charge in [-0.15, -0.1) is 0 Å². The summed E-state index contributed by atoms with van der Waals surface area (Å²) in [5, 5.41) is 14.9. The number of benzene rings is 2. The molecule has 0 unspecified atom stereocenters. The lowest BCUT2D eigenvalue weighted by Gasteiger charge is -2.33. The minimum absolute atomic E-state index is 0.191. The number of hydrogen-bond donors (Lipinski definition) is 1. The van der Waals surface area contributed by atoms with Crippen LogP contribution in [0.25, 0.3) is 5.69 Å². The molecule has 2 aliphatic heterocycles. The summed E-state index contributed by atoms with van der Waals surface area (Å²) in [5.41, 5.74) is 4.71. The first-order valence-corrected chi connectivity index (χ1v) is 12.4. The van der Waals surface area contributed by atoms with Crippen molar-refractivity contribution in [2.24, 2.45) is 0 Å². The van der Waals surface area contributed by atoms with Crippen LogP contribution in [0.3, 0.4) is 0 Å². The fourth-order valence-electron chi connectivity index (χ4n) is 4.79. The molecular weight excluding hydrogens is 480 g/mol. The fourth-order valence-corrected chi connectivity index (χ4v) is 4.98. The van der Waals surface area contributed by atoms with Crippen LogP contribution in [0, 0.1) is 0 Å². The van der Waals surface area contributed by atoms with Gasteiger partial charge in [-0.05, 0) is 75.1 Å². The molecule has 0 saturated carbocycles. The molecule has 3 aromatic rings. The first-order valence-electron chi connectivity index (χ1n) is 12.0. The highest BCUT2D eigenvalue weighted by atomic mass is 35.5. The van der Waals surface area contributed by atoms with E-state index in [2.05, 4.69) is 5.10 Å². The summed E-state index contributed by atoms with van der Waals surface area (Å²) in [6.45, 7) is 6.81. The molecule has 0 radical (unpaired) electrons. The molecule has 0 saturated heterocycles. The number of amides is 2. The molecule has 36 heavy (non-hydrogen) atoms. The van der Waals surface area contributed by atoms with E-state index >= 15 is 0 Å². The maximum absolute atomic E-state index is 13.8. The Balaban J connectivity index is 1.46. The lowest BCUT2D eigenvalue weighted by molar-refractivity contribution is 0.0224. The summed E-state index contributed by atoms with van der Waals surface area (Å²) in [6.07, 6.45) is 0.965. The van der Waals surface area contributed by atoms with Gasteiger partial charge in [0.2, 0.25) is 0 Å². The predicted molar refractivity (Wildman–Crippen MR) is 137 cm³/mol. The summed E-state index contributed by atoms with van der Waals surface area (Å²) in [7, 11) is 0. The summed E-state index contributed by atoms with van der Waals surface area (Å²) in [4.78, 5) is 29.9. The second-order valence-corrected chi connectivity index (χ2v) is 10.6. The highest BCUT2D eigenvalue weighted by Crippen LogP contribution is 2.32. The van der Waals surface area contributed by atoms with E-state index in [1.165, 1.54) is 0 Å². The van der Waals surface area contributed by atoms with Crippen LogP contribution in [0.1, 0.15) is 53.6 Å². The van der Waals surface area contributed by atoms with Crippen LogP contribution in [0.15, 0.2) is 42.5 Å². The van der Waals surface area contributed by atoms with Crippen LogP contribution in [-0.2, 0) is 30.7 Å². The number of aliphatic hydroxyl groups excluding tert-OH is 1. The second kappa shape index (κ2) is 9.26. The van der Waals surface area contributed by atoms with Crippen molar-refractivity contribution in [2.45, 2.75) is 52.4 Å². The molecule has 9 heteroatoms. The fraction of sp³-hybridized carbons (Fsp3) is 0.370. The molecule has 2 aliphatic rings. The Morgan fingerprint density at radius 2 is 1.89 bits per heavy atom. The molecule has 0 spiro atoms. The predicted octanol–water partition coefficient (Wildman–Crippen LogP) is 4.51. The number of anilines is 1. The monoisotopic (exact) mass is 508 g/mol. The van der Waals surface area contributed by atoms with Gasteiger partial charge in [-0.1, -0.05) is 23.7 Å². The van der Waals surface area contributed by atoms with Crippen molar-refractivity contribution in [2.75, 3.05) is 18.0 Å². The van der Waals surface area contributed by atoms with Gasteiger partial charge < -0.3 is 19.6 Å². The molecule has 2 amide bonds. The lowest BCUT2D eigenvalue weighted by Crippen LogP contribution is -2.41. The molecule has 0 bridgehead atoms. The third kappa shape index (κ3) is 4.58. The van der Waals surface area contributed by atoms with E-state index < -0.39 is 5.60 Å². The quantitative estimate of drug-likeness (QED) is 0.562. The average molecular weight is 509 g/mol. The Kier molecular flexibility index (Phi) is 6.26. The molecule has 0 fully saturated rings. The normalized spacial score (nSPS) is 15.5. The maximum Gasteiger partial charge on any atom is 0.410 e. The Hall–Kier alpha value is -3.36. The number of ether oxygens (including phenoxy) is 1. The van der Waals surface area contributed by atoms with Crippen molar-refractivity contribution in [1.29, 1.82) is 0 Å². The summed E-state index contributed by atoms with van der Waals surface area (Å²) < 4.78 is 7.13. The van der Waals surface area contributed by atoms with Gasteiger partial charge in [-0.3, -0.25) is 4.79 Å². The maximum atomic E-state index is 13.8. The van der Waals surface area contributed by atoms with Crippen molar-refractivity contribution in [1.82, 2.24) is 14.7 Å². The van der Waals surface area contributed by atoms with Crippen LogP contribution >= 0.6 is 11.6 Å². The van der Waals surface area contributed by atoms with Crippen molar-refractivity contribution >= 4 is 29.3 Å². The minimum Gasteiger partial charge on any atom is -0.444 e. The number of aromatic nitrogens is 2. The smallest absolute Gasteiger partial charge is 0.410 e. The van der Waals surface area contributed by atoms with Gasteiger partial charge >= 0.3 is 6.09 Å². The van der Waals surface area contributed by atoms with E-state index in [9.17, 15) is 14.7 Å². The van der Waals surface area contributed by atoms with Crippen molar-refractivity contribution < 1.29 is 19.4 Å². The topological polar surface area (TPSA) is 87.9 Å². The SMILES string of the molecule is CC(C)(C)OC(=O)N1CCc2ccc(N3CCc4c(CO)nn(-c5cccc(Cl)c5)c4C3=O)cc2C1. The summed E-state index contributed by atoms with van der Waals surface area (Å²) >= 11 is 6.19. The van der Waals surface area contributed by atoms with Gasteiger partial charge in [0.05, 0.1) is 18.0 Å². The standard InChI is InChI=1S/C27H29ClN4O4/c1-27(2,3)36-26(35)30-11-9-17-7-8-20(13-18(17)15-30)31-12-10-22-23(16-33)29-32(24(22)25(31)34)21-6-4-5-19(28)14-21/h4-8,13-14,33H,9-12,15-16H2,1-3H3. The molecule has 8 nitrogen and oxygen atoms in total. The van der Waals surface area contributed by atoms with E-state index in [1.807, 2.05) is 45.0 Å². The van der Waals surface area contributed by atoms with Gasteiger partial charge in [-0.2, -0.15) is 5.10 Å². The Bertz CT molecular complexity index is 1340. The van der Waals surface area contributed by atoms with Crippen molar-refractivity contribution in [3.8, 4) is 5.69 Å². The molecule has 5 rings (SSSR count). The molecule has 188 valence electrons. The number of carbonyl (C=O) groups excluding carboxylic acids is 2. The van der Waals surface area contributed by atoms with Crippen LogP contribution in [-0.4, -0.2) is 50.5 Å². The molecule has 3 heterocycles. The van der Waals surface area contributed by atoms with Crippen LogP contribution in [0.2, 0.25) is 5.02 Å². The van der Waals surface area contributed by atoms with Crippen LogP contribution < -0.4 is 4.90 Å². The van der Waals surface area contributed by atoms with Crippen molar-refractivity contribution in [3.05, 3.63) is 75.6 Å². The molecular formula is C27H29ClN4O4. The van der Waals surface area contributed by atoms with E-state index in [1.54, 1.807) is 32.7 Å². The highest BCUT2D eigenvalue weighted by molar-refractivity contribution is 6.30.